The van der Waals surface area contributed by atoms with Crippen LogP contribution in [0.25, 0.3) is 6.08 Å². The van der Waals surface area contributed by atoms with Crippen LogP contribution in [0.2, 0.25) is 0 Å². The molecule has 11 aromatic carbocycles. The average molecular weight is 1690 g/mol. The maximum absolute atomic E-state index is 12.0. The SMILES string of the molecule is C=C(C)C(=O)OC1CC(C)[S+](c2ccc(C(C)(C)C)cc2)C(CCCC)C1.C=C(C)C(=O)OCCOc1c(C)cc([S+](c2ccccc2)c2ccccc2)cc1C.C=C(C)C(=O)OCCOc1ccc([S+](c2ccc(C(C)(C)C)cc2)c2ccc(C(C)(C)C)cc2)cc1.C=Cc1cccc(Oc2ccc([S+](c3ccccc3)c3ccccc3)cc2)c1. The highest BCUT2D eigenvalue weighted by atomic mass is 32.2. The zero-order valence-electron chi connectivity index (χ0n) is 73.9. The molecule has 0 amide bonds. The Bertz CT molecular complexity index is 4990. The average Bonchev–Trinajstić information content (AvgIpc) is 0.800. The summed E-state index contributed by atoms with van der Waals surface area (Å²) in [6, 6.07) is 98.8. The van der Waals surface area contributed by atoms with Crippen LogP contribution in [0.1, 0.15) is 162 Å². The molecule has 9 nitrogen and oxygen atoms in total. The van der Waals surface area contributed by atoms with Crippen LogP contribution in [0.4, 0.5) is 0 Å². The minimum absolute atomic E-state index is 0.0312. The molecule has 0 aromatic heterocycles. The molecule has 0 radical (unpaired) electrons. The normalized spacial score (nSPS) is 14.4. The molecule has 4 atom stereocenters. The summed E-state index contributed by atoms with van der Waals surface area (Å²) >= 11 is 0. The summed E-state index contributed by atoms with van der Waals surface area (Å²) in [7, 11) is -0.374. The smallest absolute Gasteiger partial charge is 0.333 e. The Kier molecular flexibility index (Phi) is 35.5. The predicted molar refractivity (Wildman–Crippen MR) is 508 cm³/mol. The van der Waals surface area contributed by atoms with Crippen LogP contribution in [-0.2, 0) is 88.4 Å². The number of aryl methyl sites for hydroxylation is 2. The quantitative estimate of drug-likeness (QED) is 0.0156. The zero-order chi connectivity index (χ0) is 87.4. The van der Waals surface area contributed by atoms with Crippen molar-refractivity contribution in [3.8, 4) is 23.0 Å². The molecule has 11 aromatic rings. The van der Waals surface area contributed by atoms with E-state index in [1.54, 1.807) is 20.8 Å². The Balaban J connectivity index is 0.000000184. The highest BCUT2D eigenvalue weighted by molar-refractivity contribution is 7.98. The van der Waals surface area contributed by atoms with Gasteiger partial charge in [-0.2, -0.15) is 0 Å². The fourth-order valence-corrected chi connectivity index (χ4v) is 23.3. The van der Waals surface area contributed by atoms with Gasteiger partial charge in [-0.3, -0.25) is 0 Å². The standard InChI is InChI=1S/C32H39O3S.C26H27O3S.C26H21OS.C24H37O2S/c1-23(2)30(33)35-22-21-34-26-13-19-29(20-14-26)36(27-15-9-24(10-16-27)31(3,4)5)28-17-11-25(12-18-28)32(6,7)8;1-19(2)26(27)29-16-15-28-25-20(3)17-24(18-21(25)4)30(22-11-7-5-8-12-22)23-13-9-6-10-14-23;1-2-21-10-9-11-23(20-21)27-22-16-18-26(19-17-22)28(24-12-5-3-6-13-24)25-14-7-4-8-15-25;1-8-9-10-22-16-20(26-23(25)17(2)3)15-18(4)27(22)21-13-11-19(12-14-21)24(5,6)7/h9-20H,1,21-22H2,2-8H3;5-14,17-18H,1,15-16H2,2-4H3;2-20H,1H2;11-14,18,20,22H,2,8-10,15-16H2,1,3-7H3/q4*+1. The Hall–Kier alpha value is -10.4. The summed E-state index contributed by atoms with van der Waals surface area (Å²) < 4.78 is 33.7. The van der Waals surface area contributed by atoms with E-state index in [9.17, 15) is 14.4 Å². The predicted octanol–water partition coefficient (Wildman–Crippen LogP) is 27.2. The van der Waals surface area contributed by atoms with Crippen LogP contribution < -0.4 is 14.2 Å². The summed E-state index contributed by atoms with van der Waals surface area (Å²) in [5.41, 5.74) is 8.91. The van der Waals surface area contributed by atoms with Gasteiger partial charge in [-0.05, 0) is 250 Å². The highest BCUT2D eigenvalue weighted by Crippen LogP contribution is 2.42. The van der Waals surface area contributed by atoms with Crippen molar-refractivity contribution < 1.29 is 42.8 Å². The van der Waals surface area contributed by atoms with Crippen LogP contribution >= 0.6 is 0 Å². The van der Waals surface area contributed by atoms with Crippen LogP contribution in [0.5, 0.6) is 23.0 Å². The fraction of sp³-hybridized carbons (Fsp3) is 0.287. The molecule has 1 aliphatic heterocycles. The molecule has 0 saturated carbocycles. The number of hydrogen-bond acceptors (Lipinski definition) is 9. The molecule has 13 heteroatoms. The molecular weight excluding hydrogens is 1570 g/mol. The number of hydrogen-bond donors (Lipinski definition) is 0. The Morgan fingerprint density at radius 3 is 1.16 bits per heavy atom. The second kappa shape index (κ2) is 45.5. The molecule has 1 saturated heterocycles. The lowest BCUT2D eigenvalue weighted by molar-refractivity contribution is -0.145. The largest absolute Gasteiger partial charge is 0.490 e. The van der Waals surface area contributed by atoms with Gasteiger partial charge in [0, 0.05) is 52.6 Å². The first-order chi connectivity index (χ1) is 57.8. The van der Waals surface area contributed by atoms with Crippen molar-refractivity contribution in [2.75, 3.05) is 26.4 Å². The third kappa shape index (κ3) is 28.3. The van der Waals surface area contributed by atoms with Crippen LogP contribution in [0, 0.1) is 13.8 Å². The topological polar surface area (TPSA) is 107 Å². The maximum atomic E-state index is 12.0. The molecule has 121 heavy (non-hydrogen) atoms. The molecule has 1 aliphatic rings. The van der Waals surface area contributed by atoms with E-state index in [-0.39, 0.29) is 85.1 Å². The number of carbonyl (C=O) groups excluding carboxylic acids is 3. The summed E-state index contributed by atoms with van der Waals surface area (Å²) in [6.07, 6.45) is 7.44. The van der Waals surface area contributed by atoms with E-state index in [4.69, 9.17) is 28.4 Å². The fourth-order valence-electron chi connectivity index (χ4n) is 13.7. The minimum atomic E-state index is -0.395. The second-order valence-electron chi connectivity index (χ2n) is 33.5. The lowest BCUT2D eigenvalue weighted by Gasteiger charge is -2.33. The number of esters is 3. The monoisotopic (exact) mass is 1690 g/mol. The van der Waals surface area contributed by atoms with E-state index in [1.165, 1.54) is 84.9 Å². The van der Waals surface area contributed by atoms with Gasteiger partial charge in [0.15, 0.2) is 49.0 Å². The van der Waals surface area contributed by atoms with E-state index in [2.05, 4.69) is 335 Å². The second-order valence-corrected chi connectivity index (χ2v) is 42.2. The number of carbonyl (C=O) groups is 3. The molecule has 4 unspecified atom stereocenters. The van der Waals surface area contributed by atoms with Crippen molar-refractivity contribution >= 4 is 67.6 Å². The third-order valence-corrected chi connectivity index (χ3v) is 29.9. The maximum Gasteiger partial charge on any atom is 0.333 e. The van der Waals surface area contributed by atoms with Crippen molar-refractivity contribution in [3.05, 3.63) is 355 Å². The molecule has 630 valence electrons. The van der Waals surface area contributed by atoms with Gasteiger partial charge >= 0.3 is 17.9 Å². The van der Waals surface area contributed by atoms with Gasteiger partial charge in [0.1, 0.15) is 66.0 Å². The summed E-state index contributed by atoms with van der Waals surface area (Å²) in [4.78, 5) is 48.0. The van der Waals surface area contributed by atoms with Crippen molar-refractivity contribution in [3.63, 3.8) is 0 Å². The van der Waals surface area contributed by atoms with E-state index >= 15 is 0 Å². The molecule has 0 bridgehead atoms. The van der Waals surface area contributed by atoms with Crippen LogP contribution in [-0.4, -0.2) is 60.9 Å². The van der Waals surface area contributed by atoms with E-state index < -0.39 is 11.9 Å². The number of ether oxygens (including phenoxy) is 6. The zero-order valence-corrected chi connectivity index (χ0v) is 77.1. The Morgan fingerprint density at radius 1 is 0.413 bits per heavy atom. The first kappa shape index (κ1) is 94.4. The van der Waals surface area contributed by atoms with Gasteiger partial charge in [-0.15, -0.1) is 0 Å². The highest BCUT2D eigenvalue weighted by Gasteiger charge is 2.46. The van der Waals surface area contributed by atoms with Gasteiger partial charge in [0.2, 0.25) is 0 Å². The van der Waals surface area contributed by atoms with Crippen LogP contribution in [0.3, 0.4) is 0 Å². The number of benzene rings is 11. The van der Waals surface area contributed by atoms with Crippen molar-refractivity contribution in [1.82, 2.24) is 0 Å². The molecule has 12 rings (SSSR count). The van der Waals surface area contributed by atoms with Gasteiger partial charge in [0.25, 0.3) is 0 Å². The third-order valence-electron chi connectivity index (χ3n) is 20.2. The van der Waals surface area contributed by atoms with Crippen molar-refractivity contribution in [2.24, 2.45) is 0 Å². The van der Waals surface area contributed by atoms with E-state index in [1.807, 2.05) is 66.7 Å². The lowest BCUT2D eigenvalue weighted by Crippen LogP contribution is -2.43. The Morgan fingerprint density at radius 2 is 0.777 bits per heavy atom. The summed E-state index contributed by atoms with van der Waals surface area (Å²) in [5, 5.41) is 1.13. The first-order valence-electron chi connectivity index (χ1n) is 41.8. The summed E-state index contributed by atoms with van der Waals surface area (Å²) in [5.74, 6) is 2.21. The number of unbranched alkanes of at least 4 members (excludes halogenated alkanes) is 1. The molecule has 1 heterocycles. The minimum Gasteiger partial charge on any atom is -0.490 e. The number of rotatable bonds is 28. The lowest BCUT2D eigenvalue weighted by atomic mass is 9.87. The molecule has 0 spiro atoms. The summed E-state index contributed by atoms with van der Waals surface area (Å²) in [6.45, 7) is 49.6. The molecule has 0 aliphatic carbocycles. The van der Waals surface area contributed by atoms with Crippen molar-refractivity contribution in [1.29, 1.82) is 0 Å². The molecule has 1 fully saturated rings. The van der Waals surface area contributed by atoms with Crippen molar-refractivity contribution in [2.45, 2.75) is 225 Å². The first-order valence-corrected chi connectivity index (χ1v) is 46.8. The van der Waals surface area contributed by atoms with E-state index in [0.29, 0.717) is 40.4 Å². The van der Waals surface area contributed by atoms with Gasteiger partial charge in [-0.25, -0.2) is 14.4 Å². The van der Waals surface area contributed by atoms with Crippen LogP contribution in [0.15, 0.2) is 371 Å². The van der Waals surface area contributed by atoms with Gasteiger partial charge < -0.3 is 28.4 Å². The van der Waals surface area contributed by atoms with Gasteiger partial charge in [0.05, 0.1) is 32.7 Å². The van der Waals surface area contributed by atoms with E-state index in [0.717, 1.165) is 52.5 Å². The molecule has 0 N–H and O–H groups in total. The molecular formula is C108H124O9S4+4. The van der Waals surface area contributed by atoms with Gasteiger partial charge in [-0.1, -0.05) is 229 Å². The Labute approximate surface area is 734 Å².